The molecule has 1 aromatic rings. The number of carbonyl (C=O) groups is 3. The van der Waals surface area contributed by atoms with Gasteiger partial charge in [0.05, 0.1) is 11.4 Å². The lowest BCUT2D eigenvalue weighted by atomic mass is 10.0. The first-order valence-electron chi connectivity index (χ1n) is 8.80. The van der Waals surface area contributed by atoms with Crippen LogP contribution in [0.2, 0.25) is 0 Å². The summed E-state index contributed by atoms with van der Waals surface area (Å²) >= 11 is 1.56. The minimum Gasteiger partial charge on any atom is -0.478 e. The van der Waals surface area contributed by atoms with Gasteiger partial charge in [0.2, 0.25) is 11.8 Å². The molecule has 0 aromatic heterocycles. The quantitative estimate of drug-likeness (QED) is 0.761. The van der Waals surface area contributed by atoms with Gasteiger partial charge in [0.25, 0.3) is 0 Å². The lowest BCUT2D eigenvalue weighted by Gasteiger charge is -2.26. The maximum atomic E-state index is 12.6. The second-order valence-electron chi connectivity index (χ2n) is 6.88. The number of carbonyl (C=O) groups excluding carboxylic acids is 2. The van der Waals surface area contributed by atoms with Crippen molar-refractivity contribution in [2.75, 3.05) is 11.6 Å². The number of hydrogen-bond donors (Lipinski definition) is 2. The highest BCUT2D eigenvalue weighted by Gasteiger charge is 2.35. The maximum Gasteiger partial charge on any atom is 0.335 e. The predicted molar refractivity (Wildman–Crippen MR) is 102 cm³/mol. The van der Waals surface area contributed by atoms with Crippen LogP contribution in [0.1, 0.15) is 43.1 Å². The molecule has 0 radical (unpaired) electrons. The van der Waals surface area contributed by atoms with Crippen molar-refractivity contribution in [2.24, 2.45) is 5.92 Å². The van der Waals surface area contributed by atoms with Crippen molar-refractivity contribution < 1.29 is 19.5 Å². The normalized spacial score (nSPS) is 18.0. The van der Waals surface area contributed by atoms with E-state index >= 15 is 0 Å². The van der Waals surface area contributed by atoms with Gasteiger partial charge in [-0.25, -0.2) is 4.79 Å². The van der Waals surface area contributed by atoms with Gasteiger partial charge in [-0.05, 0) is 30.9 Å². The topological polar surface area (TPSA) is 86.7 Å². The monoisotopic (exact) mass is 378 g/mol. The number of nitrogens with one attached hydrogen (secondary N) is 1. The average Bonchev–Trinajstić information content (AvgIpc) is 3.09. The zero-order valence-corrected chi connectivity index (χ0v) is 16.2. The average molecular weight is 378 g/mol. The Balaban J connectivity index is 1.98. The van der Waals surface area contributed by atoms with Crippen LogP contribution in [-0.2, 0) is 16.0 Å². The number of aryl methyl sites for hydroxylation is 1. The predicted octanol–water partition coefficient (Wildman–Crippen LogP) is 2.38. The van der Waals surface area contributed by atoms with Gasteiger partial charge in [-0.1, -0.05) is 32.0 Å². The van der Waals surface area contributed by atoms with E-state index in [9.17, 15) is 19.5 Å². The Morgan fingerprint density at radius 1 is 1.27 bits per heavy atom. The van der Waals surface area contributed by atoms with Crippen LogP contribution in [0.4, 0.5) is 0 Å². The lowest BCUT2D eigenvalue weighted by Crippen LogP contribution is -2.50. The highest BCUT2D eigenvalue weighted by atomic mass is 32.2. The third-order valence-electron chi connectivity index (χ3n) is 4.73. The molecule has 2 N–H and O–H groups in total. The fourth-order valence-corrected chi connectivity index (χ4v) is 3.91. The summed E-state index contributed by atoms with van der Waals surface area (Å²) in [6.45, 7) is 6.04. The van der Waals surface area contributed by atoms with Gasteiger partial charge >= 0.3 is 5.97 Å². The number of thioether (sulfide) groups is 1. The van der Waals surface area contributed by atoms with Crippen LogP contribution in [-0.4, -0.2) is 51.5 Å². The molecule has 1 aliphatic heterocycles. The molecule has 1 saturated heterocycles. The molecule has 0 saturated carbocycles. The minimum absolute atomic E-state index is 0.0486. The Labute approximate surface area is 158 Å². The summed E-state index contributed by atoms with van der Waals surface area (Å²) in [7, 11) is 0. The van der Waals surface area contributed by atoms with E-state index < -0.39 is 12.0 Å². The van der Waals surface area contributed by atoms with Crippen molar-refractivity contribution in [3.63, 3.8) is 0 Å². The molecule has 1 fully saturated rings. The molecule has 1 aliphatic rings. The molecular formula is C19H26N2O4S. The number of nitrogens with zero attached hydrogens (tertiary/aromatic N) is 1. The number of aromatic carboxylic acids is 1. The SMILES string of the molecule is CC(C)C(C)NC(=O)C1CSCN1C(=O)CCc1ccccc1C(=O)O. The second-order valence-corrected chi connectivity index (χ2v) is 7.88. The van der Waals surface area contributed by atoms with E-state index in [0.717, 1.165) is 0 Å². The molecular weight excluding hydrogens is 352 g/mol. The van der Waals surface area contributed by atoms with Crippen LogP contribution in [0.25, 0.3) is 0 Å². The number of hydrogen-bond acceptors (Lipinski definition) is 4. The molecule has 142 valence electrons. The standard InChI is InChI=1S/C19H26N2O4S/c1-12(2)13(3)20-18(23)16-10-26-11-21(16)17(22)9-8-14-6-4-5-7-15(14)19(24)25/h4-7,12-13,16H,8-11H2,1-3H3,(H,20,23)(H,24,25). The highest BCUT2D eigenvalue weighted by Crippen LogP contribution is 2.23. The third-order valence-corrected chi connectivity index (χ3v) is 5.74. The van der Waals surface area contributed by atoms with E-state index in [1.807, 2.05) is 20.8 Å². The number of amides is 2. The Morgan fingerprint density at radius 3 is 2.62 bits per heavy atom. The fraction of sp³-hybridized carbons (Fsp3) is 0.526. The molecule has 0 spiro atoms. The molecule has 26 heavy (non-hydrogen) atoms. The summed E-state index contributed by atoms with van der Waals surface area (Å²) < 4.78 is 0. The van der Waals surface area contributed by atoms with Crippen LogP contribution in [0, 0.1) is 5.92 Å². The highest BCUT2D eigenvalue weighted by molar-refractivity contribution is 7.99. The van der Waals surface area contributed by atoms with Gasteiger partial charge in [-0.15, -0.1) is 11.8 Å². The van der Waals surface area contributed by atoms with Gasteiger partial charge < -0.3 is 15.3 Å². The van der Waals surface area contributed by atoms with Crippen molar-refractivity contribution in [3.05, 3.63) is 35.4 Å². The molecule has 0 bridgehead atoms. The first kappa shape index (κ1) is 20.3. The summed E-state index contributed by atoms with van der Waals surface area (Å²) in [6, 6.07) is 6.29. The minimum atomic E-state index is -0.996. The molecule has 2 amide bonds. The Kier molecular flexibility index (Phi) is 7.08. The van der Waals surface area contributed by atoms with Crippen LogP contribution >= 0.6 is 11.8 Å². The largest absolute Gasteiger partial charge is 0.478 e. The molecule has 2 atom stereocenters. The maximum absolute atomic E-state index is 12.6. The summed E-state index contributed by atoms with van der Waals surface area (Å²) in [5.41, 5.74) is 0.853. The molecule has 7 heteroatoms. The van der Waals surface area contributed by atoms with E-state index in [1.165, 1.54) is 6.07 Å². The van der Waals surface area contributed by atoms with Crippen LogP contribution < -0.4 is 5.32 Å². The summed E-state index contributed by atoms with van der Waals surface area (Å²) in [5, 5.41) is 12.2. The van der Waals surface area contributed by atoms with E-state index in [0.29, 0.717) is 29.5 Å². The van der Waals surface area contributed by atoms with Gasteiger partial charge in [0.1, 0.15) is 6.04 Å². The van der Waals surface area contributed by atoms with Crippen LogP contribution in [0.5, 0.6) is 0 Å². The van der Waals surface area contributed by atoms with E-state index in [4.69, 9.17) is 0 Å². The van der Waals surface area contributed by atoms with E-state index in [-0.39, 0.29) is 29.8 Å². The van der Waals surface area contributed by atoms with Crippen molar-refractivity contribution in [1.29, 1.82) is 0 Å². The van der Waals surface area contributed by atoms with Crippen molar-refractivity contribution in [1.82, 2.24) is 10.2 Å². The molecule has 6 nitrogen and oxygen atoms in total. The van der Waals surface area contributed by atoms with Crippen LogP contribution in [0.15, 0.2) is 24.3 Å². The van der Waals surface area contributed by atoms with Crippen molar-refractivity contribution in [3.8, 4) is 0 Å². The van der Waals surface area contributed by atoms with Gasteiger partial charge in [0.15, 0.2) is 0 Å². The zero-order chi connectivity index (χ0) is 19.3. The molecule has 2 unspecified atom stereocenters. The zero-order valence-electron chi connectivity index (χ0n) is 15.4. The number of benzene rings is 1. The van der Waals surface area contributed by atoms with Gasteiger partial charge in [0, 0.05) is 18.2 Å². The Bertz CT molecular complexity index is 677. The molecule has 1 heterocycles. The first-order valence-corrected chi connectivity index (χ1v) is 9.95. The first-order chi connectivity index (χ1) is 12.3. The number of rotatable bonds is 7. The fourth-order valence-electron chi connectivity index (χ4n) is 2.73. The van der Waals surface area contributed by atoms with Crippen LogP contribution in [0.3, 0.4) is 0 Å². The van der Waals surface area contributed by atoms with Crippen molar-refractivity contribution in [2.45, 2.75) is 45.7 Å². The molecule has 1 aromatic carbocycles. The van der Waals surface area contributed by atoms with Gasteiger partial charge in [-0.2, -0.15) is 0 Å². The molecule has 2 rings (SSSR count). The van der Waals surface area contributed by atoms with Crippen molar-refractivity contribution >= 4 is 29.5 Å². The smallest absolute Gasteiger partial charge is 0.335 e. The lowest BCUT2D eigenvalue weighted by molar-refractivity contribution is -0.138. The molecule has 0 aliphatic carbocycles. The summed E-state index contributed by atoms with van der Waals surface area (Å²) in [5.74, 6) is 0.180. The Morgan fingerprint density at radius 2 is 1.96 bits per heavy atom. The summed E-state index contributed by atoms with van der Waals surface area (Å²) in [4.78, 5) is 38.0. The third kappa shape index (κ3) is 5.00. The summed E-state index contributed by atoms with van der Waals surface area (Å²) in [6.07, 6.45) is 0.535. The van der Waals surface area contributed by atoms with Gasteiger partial charge in [-0.3, -0.25) is 9.59 Å². The second kappa shape index (κ2) is 9.07. The number of carboxylic acids is 1. The number of carboxylic acid groups (broad SMARTS) is 1. The van der Waals surface area contributed by atoms with E-state index in [1.54, 1.807) is 34.9 Å². The van der Waals surface area contributed by atoms with E-state index in [2.05, 4.69) is 5.32 Å². The Hall–Kier alpha value is -2.02.